The second kappa shape index (κ2) is 9.38. The summed E-state index contributed by atoms with van der Waals surface area (Å²) in [5, 5.41) is 30.4. The van der Waals surface area contributed by atoms with Crippen molar-refractivity contribution in [1.82, 2.24) is 0 Å². The molecule has 2 aromatic carbocycles. The predicted molar refractivity (Wildman–Crippen MR) is 133 cm³/mol. The molecular weight excluding hydrogens is 488 g/mol. The van der Waals surface area contributed by atoms with Gasteiger partial charge in [0.05, 0.1) is 23.4 Å². The van der Waals surface area contributed by atoms with Crippen LogP contribution >= 0.6 is 15.9 Å². The van der Waals surface area contributed by atoms with Gasteiger partial charge in [0.2, 0.25) is 0 Å². The summed E-state index contributed by atoms with van der Waals surface area (Å²) in [6, 6.07) is 18.5. The zero-order chi connectivity index (χ0) is 24.5. The highest BCUT2D eigenvalue weighted by atomic mass is 79.9. The van der Waals surface area contributed by atoms with E-state index < -0.39 is 11.3 Å². The fourth-order valence-corrected chi connectivity index (χ4v) is 5.58. The van der Waals surface area contributed by atoms with E-state index in [0.717, 1.165) is 57.3 Å². The fourth-order valence-electron chi connectivity index (χ4n) is 5.32. The number of halogens is 1. The van der Waals surface area contributed by atoms with Crippen LogP contribution in [0.1, 0.15) is 47.4 Å². The number of hydrogen-bond acceptors (Lipinski definition) is 5. The molecule has 0 saturated heterocycles. The number of rotatable bonds is 4. The average molecular weight is 513 g/mol. The molecule has 0 radical (unpaired) electrons. The molecule has 0 bridgehead atoms. The van der Waals surface area contributed by atoms with Gasteiger partial charge in [0, 0.05) is 10.4 Å². The topological polar surface area (TPSA) is 107 Å². The Morgan fingerprint density at radius 2 is 1.79 bits per heavy atom. The van der Waals surface area contributed by atoms with Crippen molar-refractivity contribution in [2.24, 2.45) is 17.1 Å². The Hall–Kier alpha value is -3.53. The monoisotopic (exact) mass is 512 g/mol. The Labute approximate surface area is 208 Å². The van der Waals surface area contributed by atoms with Crippen molar-refractivity contribution in [1.29, 1.82) is 15.8 Å². The first-order chi connectivity index (χ1) is 16.4. The third-order valence-electron chi connectivity index (χ3n) is 7.07. The normalized spacial score (nSPS) is 20.9. The number of nitrogens with zero attached hydrogens (tertiary/aromatic N) is 3. The molecule has 2 aromatic rings. The summed E-state index contributed by atoms with van der Waals surface area (Å²) in [5.41, 5.74) is 10.1. The molecule has 0 spiro atoms. The van der Waals surface area contributed by atoms with E-state index in [0.29, 0.717) is 12.2 Å². The van der Waals surface area contributed by atoms with Crippen molar-refractivity contribution >= 4 is 15.9 Å². The molecule has 4 rings (SSSR count). The number of nitrogens with two attached hydrogens (primary N) is 1. The lowest BCUT2D eigenvalue weighted by atomic mass is 9.56. The quantitative estimate of drug-likeness (QED) is 0.521. The van der Waals surface area contributed by atoms with E-state index in [-0.39, 0.29) is 11.6 Å². The minimum Gasteiger partial charge on any atom is -0.489 e. The molecule has 2 aliphatic carbocycles. The second-order valence-electron chi connectivity index (χ2n) is 8.98. The lowest BCUT2D eigenvalue weighted by Crippen LogP contribution is -2.43. The van der Waals surface area contributed by atoms with E-state index >= 15 is 0 Å². The molecule has 34 heavy (non-hydrogen) atoms. The van der Waals surface area contributed by atoms with Crippen molar-refractivity contribution < 1.29 is 4.74 Å². The molecule has 0 aliphatic heterocycles. The minimum absolute atomic E-state index is 0.0713. The Morgan fingerprint density at radius 1 is 1.09 bits per heavy atom. The molecule has 0 amide bonds. The van der Waals surface area contributed by atoms with Crippen LogP contribution in [0.15, 0.2) is 63.8 Å². The predicted octanol–water partition coefficient (Wildman–Crippen LogP) is 6.24. The SMILES string of the molecule is Cc1cc(C)c([C@H]2[C@@H]3CCCC=C3C(C#N)=C(N)C2(C#N)C#N)cc1COc1ccc(Br)cc1. The molecular formula is C28H25BrN4O. The maximum Gasteiger partial charge on any atom is 0.191 e. The number of aryl methyl sites for hydroxylation is 2. The summed E-state index contributed by atoms with van der Waals surface area (Å²) in [6.07, 6.45) is 4.67. The summed E-state index contributed by atoms with van der Waals surface area (Å²) >= 11 is 3.43. The Balaban J connectivity index is 1.83. The smallest absolute Gasteiger partial charge is 0.191 e. The highest BCUT2D eigenvalue weighted by Crippen LogP contribution is 2.56. The molecule has 2 N–H and O–H groups in total. The van der Waals surface area contributed by atoms with Gasteiger partial charge in [-0.1, -0.05) is 34.1 Å². The van der Waals surface area contributed by atoms with Crippen molar-refractivity contribution in [3.8, 4) is 24.0 Å². The van der Waals surface area contributed by atoms with Crippen molar-refractivity contribution in [2.45, 2.75) is 45.6 Å². The number of nitriles is 3. The van der Waals surface area contributed by atoms with Gasteiger partial charge in [-0.3, -0.25) is 0 Å². The molecule has 0 saturated carbocycles. The third-order valence-corrected chi connectivity index (χ3v) is 7.60. The van der Waals surface area contributed by atoms with Crippen LogP contribution in [0.3, 0.4) is 0 Å². The lowest BCUT2D eigenvalue weighted by Gasteiger charge is -2.44. The van der Waals surface area contributed by atoms with Crippen LogP contribution in [-0.2, 0) is 6.61 Å². The number of ether oxygens (including phenoxy) is 1. The molecule has 2 aliphatic rings. The van der Waals surface area contributed by atoms with E-state index in [1.807, 2.05) is 38.1 Å². The average Bonchev–Trinajstić information content (AvgIpc) is 2.84. The van der Waals surface area contributed by atoms with Crippen LogP contribution in [0.4, 0.5) is 0 Å². The third kappa shape index (κ3) is 3.87. The van der Waals surface area contributed by atoms with Gasteiger partial charge in [0.25, 0.3) is 0 Å². The van der Waals surface area contributed by atoms with Crippen LogP contribution in [0, 0.1) is 59.2 Å². The second-order valence-corrected chi connectivity index (χ2v) is 9.90. The maximum absolute atomic E-state index is 10.3. The van der Waals surface area contributed by atoms with Crippen LogP contribution < -0.4 is 10.5 Å². The summed E-state index contributed by atoms with van der Waals surface area (Å²) in [6.45, 7) is 4.41. The summed E-state index contributed by atoms with van der Waals surface area (Å²) in [5.74, 6) is 0.184. The zero-order valence-electron chi connectivity index (χ0n) is 19.2. The Kier molecular flexibility index (Phi) is 6.52. The van der Waals surface area contributed by atoms with E-state index in [2.05, 4.69) is 52.3 Å². The first-order valence-electron chi connectivity index (χ1n) is 11.3. The molecule has 0 fully saturated rings. The standard InChI is InChI=1S/C28H25BrN4O/c1-17-11-18(2)24(12-19(17)14-34-21-9-7-20(29)8-10-21)26-23-6-4-3-5-22(23)25(13-30)27(33)28(26,15-31)16-32/h5,7-12,23,26H,3-4,6,14,33H2,1-2H3/t23-,26-/m1/s1. The molecule has 170 valence electrons. The largest absolute Gasteiger partial charge is 0.489 e. The Bertz CT molecular complexity index is 1300. The highest BCUT2D eigenvalue weighted by molar-refractivity contribution is 9.10. The molecule has 5 nitrogen and oxygen atoms in total. The summed E-state index contributed by atoms with van der Waals surface area (Å²) in [4.78, 5) is 0. The van der Waals surface area contributed by atoms with Gasteiger partial charge in [-0.25, -0.2) is 0 Å². The highest BCUT2D eigenvalue weighted by Gasteiger charge is 2.54. The summed E-state index contributed by atoms with van der Waals surface area (Å²) < 4.78 is 7.02. The van der Waals surface area contributed by atoms with Gasteiger partial charge in [-0.05, 0) is 91.1 Å². The molecule has 0 heterocycles. The number of benzene rings is 2. The van der Waals surface area contributed by atoms with Crippen LogP contribution in [0.2, 0.25) is 0 Å². The van der Waals surface area contributed by atoms with Crippen LogP contribution in [0.5, 0.6) is 5.75 Å². The molecule has 2 atom stereocenters. The number of fused-ring (bicyclic) bond motifs is 1. The minimum atomic E-state index is -1.60. The van der Waals surface area contributed by atoms with Crippen LogP contribution in [0.25, 0.3) is 0 Å². The molecule has 6 heteroatoms. The molecule has 0 aromatic heterocycles. The Morgan fingerprint density at radius 3 is 2.44 bits per heavy atom. The van der Waals surface area contributed by atoms with E-state index in [1.54, 1.807) is 0 Å². The van der Waals surface area contributed by atoms with Crippen molar-refractivity contribution in [3.63, 3.8) is 0 Å². The first-order valence-corrected chi connectivity index (χ1v) is 12.1. The zero-order valence-corrected chi connectivity index (χ0v) is 20.8. The van der Waals surface area contributed by atoms with E-state index in [4.69, 9.17) is 10.5 Å². The van der Waals surface area contributed by atoms with Crippen LogP contribution in [-0.4, -0.2) is 0 Å². The van der Waals surface area contributed by atoms with Gasteiger partial charge in [0.1, 0.15) is 18.4 Å². The van der Waals surface area contributed by atoms with E-state index in [1.165, 1.54) is 0 Å². The van der Waals surface area contributed by atoms with Gasteiger partial charge in [0.15, 0.2) is 5.41 Å². The lowest BCUT2D eigenvalue weighted by molar-refractivity contribution is 0.302. The fraction of sp³-hybridized carbons (Fsp3) is 0.321. The maximum atomic E-state index is 10.3. The van der Waals surface area contributed by atoms with Gasteiger partial charge < -0.3 is 10.5 Å². The van der Waals surface area contributed by atoms with Gasteiger partial charge >= 0.3 is 0 Å². The van der Waals surface area contributed by atoms with Gasteiger partial charge in [-0.15, -0.1) is 0 Å². The van der Waals surface area contributed by atoms with E-state index in [9.17, 15) is 15.8 Å². The van der Waals surface area contributed by atoms with Gasteiger partial charge in [-0.2, -0.15) is 15.8 Å². The summed E-state index contributed by atoms with van der Waals surface area (Å²) in [7, 11) is 0. The number of allylic oxidation sites excluding steroid dienone is 4. The number of hydrogen-bond donors (Lipinski definition) is 1. The van der Waals surface area contributed by atoms with Crippen molar-refractivity contribution in [2.75, 3.05) is 0 Å². The first kappa shape index (κ1) is 23.6. The van der Waals surface area contributed by atoms with Crippen molar-refractivity contribution in [3.05, 3.63) is 86.0 Å². The molecule has 0 unspecified atom stereocenters.